The van der Waals surface area contributed by atoms with Crippen LogP contribution in [-0.2, 0) is 18.5 Å². The first kappa shape index (κ1) is 86.7. The summed E-state index contributed by atoms with van der Waals surface area (Å²) < 4.78 is 128. The van der Waals surface area contributed by atoms with Gasteiger partial charge in [-0.2, -0.15) is 39.5 Å². The number of carbonyl (C=O) groups is 6. The molecule has 0 saturated carbocycles. The number of methoxy groups -OCH3 is 2. The van der Waals surface area contributed by atoms with Gasteiger partial charge in [-0.05, 0) is 203 Å². The zero-order valence-electron chi connectivity index (χ0n) is 61.8. The summed E-state index contributed by atoms with van der Waals surface area (Å²) in [5.74, 6) is -2.18. The van der Waals surface area contributed by atoms with Gasteiger partial charge in [-0.1, -0.05) is 94.9 Å². The van der Waals surface area contributed by atoms with Crippen molar-refractivity contribution >= 4 is 116 Å². The number of hydrogen-bond acceptors (Lipinski definition) is 15. The molecule has 7 aromatic heterocycles. The normalized spacial score (nSPS) is 11.1. The predicted octanol–water partition coefficient (Wildman–Crippen LogP) is 22.9. The Morgan fingerprint density at radius 1 is 0.385 bits per heavy atom. The van der Waals surface area contributed by atoms with Gasteiger partial charge in [0.25, 0.3) is 29.5 Å². The van der Waals surface area contributed by atoms with Gasteiger partial charge in [-0.3, -0.25) is 43.7 Å². The topological polar surface area (TPSA) is 238 Å². The molecule has 0 aliphatic carbocycles. The lowest BCUT2D eigenvalue weighted by molar-refractivity contribution is -0.142. The molecule has 117 heavy (non-hydrogen) atoms. The van der Waals surface area contributed by atoms with Crippen molar-refractivity contribution < 1.29 is 77.8 Å². The quantitative estimate of drug-likeness (QED) is 0.0463. The van der Waals surface area contributed by atoms with Crippen molar-refractivity contribution in [2.75, 3.05) is 35.1 Å². The van der Waals surface area contributed by atoms with Gasteiger partial charge < -0.3 is 25.4 Å². The van der Waals surface area contributed by atoms with Crippen LogP contribution in [0.2, 0.25) is 20.1 Å². The van der Waals surface area contributed by atoms with Gasteiger partial charge in [0.15, 0.2) is 5.78 Å². The van der Waals surface area contributed by atoms with Crippen LogP contribution in [0.25, 0.3) is 44.9 Å². The van der Waals surface area contributed by atoms with Crippen LogP contribution < -0.4 is 30.3 Å². The molecule has 0 saturated heterocycles. The number of benzene rings is 6. The molecule has 6 aromatic carbocycles. The summed E-state index contributed by atoms with van der Waals surface area (Å²) in [4.78, 5) is 101. The second-order valence-electron chi connectivity index (χ2n) is 24.9. The molecular weight excluding hydrogens is 1630 g/mol. The number of ether oxygens (including phenoxy) is 2. The van der Waals surface area contributed by atoms with Gasteiger partial charge in [-0.25, -0.2) is 19.9 Å². The molecule has 0 spiro atoms. The first-order valence-corrected chi connectivity index (χ1v) is 36.7. The number of ketones is 1. The van der Waals surface area contributed by atoms with E-state index in [4.69, 9.17) is 55.9 Å². The van der Waals surface area contributed by atoms with Crippen LogP contribution in [0.1, 0.15) is 102 Å². The van der Waals surface area contributed by atoms with Crippen molar-refractivity contribution in [3.63, 3.8) is 0 Å². The Kier molecular flexibility index (Phi) is 28.3. The van der Waals surface area contributed by atoms with Gasteiger partial charge in [0.1, 0.15) is 28.6 Å². The summed E-state index contributed by atoms with van der Waals surface area (Å²) in [6, 6.07) is 57.9. The van der Waals surface area contributed by atoms with Gasteiger partial charge in [0, 0.05) is 74.6 Å². The Hall–Kier alpha value is -12.7. The molecule has 0 radical (unpaired) electrons. The lowest BCUT2D eigenvalue weighted by Crippen LogP contribution is -2.38. The molecule has 3 N–H and O–H groups in total. The maximum Gasteiger partial charge on any atom is 0.433 e. The van der Waals surface area contributed by atoms with Gasteiger partial charge in [-0.15, -0.1) is 11.3 Å². The molecule has 0 bridgehead atoms. The summed E-state index contributed by atoms with van der Waals surface area (Å²) in [5, 5.41) is 10.2. The summed E-state index contributed by atoms with van der Waals surface area (Å²) in [6.07, 6.45) is -9.11. The van der Waals surface area contributed by atoms with E-state index in [1.54, 1.807) is 152 Å². The fourth-order valence-electron chi connectivity index (χ4n) is 11.1. The van der Waals surface area contributed by atoms with Crippen molar-refractivity contribution in [1.29, 1.82) is 0 Å². The number of nitrogens with one attached hydrogen (secondary N) is 3. The number of pyridine rings is 6. The van der Waals surface area contributed by atoms with Crippen LogP contribution in [0.15, 0.2) is 243 Å². The number of hydrogen-bond donors (Lipinski definition) is 3. The van der Waals surface area contributed by atoms with Gasteiger partial charge in [0.05, 0.1) is 95.6 Å². The smallest absolute Gasteiger partial charge is 0.433 e. The molecule has 0 fully saturated rings. The van der Waals surface area contributed by atoms with E-state index in [0.29, 0.717) is 98.4 Å². The fraction of sp³-hybridized carbons (Fsp3) is 0.106. The lowest BCUT2D eigenvalue weighted by atomic mass is 10.0. The minimum absolute atomic E-state index is 0.0127. The van der Waals surface area contributed by atoms with Crippen molar-refractivity contribution in [1.82, 2.24) is 29.9 Å². The van der Waals surface area contributed by atoms with Crippen molar-refractivity contribution in [2.24, 2.45) is 0 Å². The number of aromatic nitrogens is 6. The van der Waals surface area contributed by atoms with E-state index in [-0.39, 0.29) is 62.1 Å². The number of imide groups is 1. The highest BCUT2D eigenvalue weighted by molar-refractivity contribution is 7.16. The number of anilines is 4. The Labute approximate surface area is 686 Å². The molecular formula is C85H61Cl4F9N10O8S. The molecule has 0 aliphatic heterocycles. The average molecular weight is 1700 g/mol. The number of alkyl halides is 9. The van der Waals surface area contributed by atoms with Crippen molar-refractivity contribution in [2.45, 2.75) is 46.2 Å². The number of thiophene rings is 1. The maximum atomic E-state index is 13.8. The van der Waals surface area contributed by atoms with E-state index in [0.717, 1.165) is 46.8 Å². The molecule has 596 valence electrons. The van der Waals surface area contributed by atoms with E-state index in [2.05, 4.69) is 45.9 Å². The number of rotatable bonds is 16. The van der Waals surface area contributed by atoms with Crippen molar-refractivity contribution in [3.05, 3.63) is 329 Å². The SMILES string of the molecule is CC(=O)c1ccc(C(=O)Nc2ccc(Cl)c(-c3ccccn3)c2)s1.COc1cc(OC)cc(C(=O)Nc2ccc(Cl)c(-c3ccccn3)c2)c1.Cc1nc(C(F)(F)F)ccc1C(=O)N(C(=O)c1ccc(C(F)(F)F)nc1C)c1ccc(Cl)c(-c2ccccc2)c1.Cc1nc(C(F)(F)F)ccc1C(=O)Nc1ccc(Cl)c(-c2ccccn2)c1. The molecule has 13 rings (SSSR count). The highest BCUT2D eigenvalue weighted by Crippen LogP contribution is 2.39. The van der Waals surface area contributed by atoms with Crippen LogP contribution in [0, 0.1) is 20.8 Å². The molecule has 0 aliphatic rings. The second-order valence-corrected chi connectivity index (χ2v) is 27.6. The van der Waals surface area contributed by atoms with Gasteiger partial charge in [0.2, 0.25) is 0 Å². The third-order valence-electron chi connectivity index (χ3n) is 16.8. The monoisotopic (exact) mass is 1690 g/mol. The number of amides is 5. The highest BCUT2D eigenvalue weighted by Gasteiger charge is 2.38. The summed E-state index contributed by atoms with van der Waals surface area (Å²) in [7, 11) is 3.07. The Morgan fingerprint density at radius 3 is 1.12 bits per heavy atom. The van der Waals surface area contributed by atoms with Crippen LogP contribution >= 0.6 is 57.7 Å². The minimum Gasteiger partial charge on any atom is -0.497 e. The molecule has 18 nitrogen and oxygen atoms in total. The van der Waals surface area contributed by atoms with E-state index < -0.39 is 53.3 Å². The summed E-state index contributed by atoms with van der Waals surface area (Å²) in [5.41, 5.74) is 2.58. The molecule has 0 atom stereocenters. The highest BCUT2D eigenvalue weighted by atomic mass is 35.5. The van der Waals surface area contributed by atoms with E-state index in [1.807, 2.05) is 36.4 Å². The number of aryl methyl sites for hydroxylation is 3. The molecule has 32 heteroatoms. The molecule has 5 amide bonds. The number of nitrogens with zero attached hydrogens (tertiary/aromatic N) is 7. The third-order valence-corrected chi connectivity index (χ3v) is 19.3. The number of carbonyl (C=O) groups excluding carboxylic acids is 6. The maximum absolute atomic E-state index is 13.8. The number of halogens is 13. The summed E-state index contributed by atoms with van der Waals surface area (Å²) in [6.45, 7) is 5.18. The van der Waals surface area contributed by atoms with Gasteiger partial charge >= 0.3 is 18.5 Å². The van der Waals surface area contributed by atoms with Crippen LogP contribution in [-0.4, -0.2) is 79.4 Å². The molecule has 0 unspecified atom stereocenters. The molecule has 13 aromatic rings. The minimum atomic E-state index is -4.77. The molecule has 7 heterocycles. The zero-order chi connectivity index (χ0) is 84.6. The largest absolute Gasteiger partial charge is 0.497 e. The third kappa shape index (κ3) is 22.4. The first-order valence-electron chi connectivity index (χ1n) is 34.4. The Morgan fingerprint density at radius 2 is 0.752 bits per heavy atom. The Bertz CT molecular complexity index is 5740. The van der Waals surface area contributed by atoms with Crippen LogP contribution in [0.5, 0.6) is 11.5 Å². The Balaban J connectivity index is 0.000000168. The predicted molar refractivity (Wildman–Crippen MR) is 432 cm³/mol. The van der Waals surface area contributed by atoms with Crippen LogP contribution in [0.4, 0.5) is 62.3 Å². The van der Waals surface area contributed by atoms with E-state index >= 15 is 0 Å². The summed E-state index contributed by atoms with van der Waals surface area (Å²) >= 11 is 26.3. The van der Waals surface area contributed by atoms with E-state index in [9.17, 15) is 68.3 Å². The fourth-order valence-corrected chi connectivity index (χ4v) is 12.7. The zero-order valence-corrected chi connectivity index (χ0v) is 65.7. The average Bonchev–Trinajstić information content (AvgIpc) is 0.920. The second kappa shape index (κ2) is 38.1. The standard InChI is InChI=1S/C28H18ClF6N3O2.C20H17ClN2O3.C19H13ClF3N3O.C18H13ClN2O2S/c1-15-19(9-12-23(36-15)27(30,31)32)25(39)38(26(40)20-10-13-24(28(33,34)35)37-16(20)2)18-8-11-22(29)21(14-18)17-6-4-3-5-7-17;1-25-15-9-13(10-16(12-15)26-2)20(24)23-14-6-7-18(21)17(11-14)19-5-3-4-8-22-19;1-11-13(6-8-17(25-11)19(21,22)23)18(27)26-12-5-7-15(20)14(10-12)16-4-2-3-9-24-16;1-11(22)16-7-8-17(24-16)18(23)21-12-5-6-14(19)13(10-12)15-4-2-3-9-20-15/h3-14H,1-2H3;3-12H,1-2H3,(H,23,24);2-10H,1H3,(H,26,27);2-10H,1H3,(H,21,23). The van der Waals surface area contributed by atoms with Crippen molar-refractivity contribution in [3.8, 4) is 56.4 Å². The van der Waals surface area contributed by atoms with E-state index in [1.165, 1.54) is 71.5 Å². The first-order chi connectivity index (χ1) is 55.6. The number of Topliss-reactive ketones (excluding diaryl/α,β-unsaturated/α-hetero) is 1. The lowest BCUT2D eigenvalue weighted by Gasteiger charge is -2.24. The van der Waals surface area contributed by atoms with Crippen LogP contribution in [0.3, 0.4) is 0 Å².